The number of rotatable bonds is 3. The van der Waals surface area contributed by atoms with E-state index < -0.39 is 11.9 Å². The van der Waals surface area contributed by atoms with Gasteiger partial charge in [-0.15, -0.1) is 0 Å². The maximum Gasteiger partial charge on any atom is 0.330 e. The molecule has 3 unspecified atom stereocenters. The first-order valence-electron chi connectivity index (χ1n) is 6.77. The molecule has 0 aromatic carbocycles. The highest BCUT2D eigenvalue weighted by Crippen LogP contribution is 2.26. The van der Waals surface area contributed by atoms with Crippen LogP contribution in [0.15, 0.2) is 0 Å². The number of fused-ring (bicyclic) bond motifs is 1. The third-order valence-electron chi connectivity index (χ3n) is 3.65. The van der Waals surface area contributed by atoms with Gasteiger partial charge < -0.3 is 15.4 Å². The fraction of sp³-hybridized carbons (Fsp3) is 0.846. The average Bonchev–Trinajstić information content (AvgIpc) is 2.71. The van der Waals surface area contributed by atoms with Crippen LogP contribution < -0.4 is 10.6 Å². The molecule has 5 heteroatoms. The second-order valence-electron chi connectivity index (χ2n) is 5.71. The quantitative estimate of drug-likeness (QED) is 0.565. The van der Waals surface area contributed by atoms with Crippen LogP contribution in [0.1, 0.15) is 33.1 Å². The SMILES string of the molecule is CC(C)CC(=O)OC(=O)C1CC2CCNCC2N1. The topological polar surface area (TPSA) is 67.4 Å². The molecule has 102 valence electrons. The van der Waals surface area contributed by atoms with E-state index in [4.69, 9.17) is 4.74 Å². The molecule has 2 aliphatic heterocycles. The smallest absolute Gasteiger partial charge is 0.330 e. The van der Waals surface area contributed by atoms with E-state index in [-0.39, 0.29) is 12.0 Å². The maximum absolute atomic E-state index is 11.9. The van der Waals surface area contributed by atoms with Gasteiger partial charge >= 0.3 is 11.9 Å². The minimum Gasteiger partial charge on any atom is -0.392 e. The lowest BCUT2D eigenvalue weighted by molar-refractivity contribution is -0.161. The standard InChI is InChI=1S/C13H22N2O3/c1-8(2)5-12(16)18-13(17)10-6-9-3-4-14-7-11(9)15-10/h8-11,14-15H,3-7H2,1-2H3. The van der Waals surface area contributed by atoms with Crippen molar-refractivity contribution in [2.75, 3.05) is 13.1 Å². The zero-order valence-corrected chi connectivity index (χ0v) is 11.1. The molecule has 0 aliphatic carbocycles. The molecule has 0 radical (unpaired) electrons. The molecular formula is C13H22N2O3. The van der Waals surface area contributed by atoms with Crippen molar-refractivity contribution in [1.82, 2.24) is 10.6 Å². The van der Waals surface area contributed by atoms with Gasteiger partial charge in [0, 0.05) is 19.0 Å². The largest absolute Gasteiger partial charge is 0.392 e. The van der Waals surface area contributed by atoms with Gasteiger partial charge in [-0.3, -0.25) is 4.79 Å². The van der Waals surface area contributed by atoms with Gasteiger partial charge in [-0.25, -0.2) is 4.79 Å². The van der Waals surface area contributed by atoms with E-state index in [0.717, 1.165) is 25.9 Å². The van der Waals surface area contributed by atoms with Crippen molar-refractivity contribution in [3.63, 3.8) is 0 Å². The van der Waals surface area contributed by atoms with Gasteiger partial charge in [-0.05, 0) is 31.2 Å². The average molecular weight is 254 g/mol. The highest BCUT2D eigenvalue weighted by atomic mass is 16.6. The lowest BCUT2D eigenvalue weighted by Crippen LogP contribution is -2.46. The normalized spacial score (nSPS) is 31.2. The number of carbonyl (C=O) groups is 2. The molecule has 2 heterocycles. The predicted octanol–water partition coefficient (Wildman–Crippen LogP) is 0.442. The Hall–Kier alpha value is -0.940. The molecule has 5 nitrogen and oxygen atoms in total. The van der Waals surface area contributed by atoms with E-state index >= 15 is 0 Å². The number of esters is 2. The van der Waals surface area contributed by atoms with Crippen molar-refractivity contribution >= 4 is 11.9 Å². The minimum absolute atomic E-state index is 0.216. The van der Waals surface area contributed by atoms with Crippen molar-refractivity contribution in [2.45, 2.75) is 45.2 Å². The Bertz CT molecular complexity index is 316. The number of piperidine rings is 1. The maximum atomic E-state index is 11.9. The summed E-state index contributed by atoms with van der Waals surface area (Å²) in [7, 11) is 0. The minimum atomic E-state index is -0.412. The van der Waals surface area contributed by atoms with Crippen LogP contribution in [-0.2, 0) is 14.3 Å². The summed E-state index contributed by atoms with van der Waals surface area (Å²) < 4.78 is 4.89. The van der Waals surface area contributed by atoms with Crippen LogP contribution in [0.4, 0.5) is 0 Å². The highest BCUT2D eigenvalue weighted by molar-refractivity contribution is 5.88. The molecule has 2 N–H and O–H groups in total. The molecule has 3 atom stereocenters. The number of hydrogen-bond donors (Lipinski definition) is 2. The molecule has 2 saturated heterocycles. The van der Waals surface area contributed by atoms with Crippen molar-refractivity contribution < 1.29 is 14.3 Å². The highest BCUT2D eigenvalue weighted by Gasteiger charge is 2.39. The van der Waals surface area contributed by atoms with Gasteiger partial charge in [-0.2, -0.15) is 0 Å². The molecule has 0 amide bonds. The summed E-state index contributed by atoms with van der Waals surface area (Å²) in [4.78, 5) is 23.3. The summed E-state index contributed by atoms with van der Waals surface area (Å²) >= 11 is 0. The molecule has 2 fully saturated rings. The van der Waals surface area contributed by atoms with Crippen LogP contribution in [0.5, 0.6) is 0 Å². The van der Waals surface area contributed by atoms with Crippen LogP contribution >= 0.6 is 0 Å². The van der Waals surface area contributed by atoms with Crippen LogP contribution in [0.2, 0.25) is 0 Å². The Labute approximate surface area is 108 Å². The lowest BCUT2D eigenvalue weighted by atomic mass is 9.93. The monoisotopic (exact) mass is 254 g/mol. The number of hydrogen-bond acceptors (Lipinski definition) is 5. The second-order valence-corrected chi connectivity index (χ2v) is 5.71. The van der Waals surface area contributed by atoms with Crippen molar-refractivity contribution in [3.8, 4) is 0 Å². The molecule has 0 aromatic heterocycles. The first kappa shape index (κ1) is 13.5. The first-order chi connectivity index (χ1) is 8.56. The molecule has 0 saturated carbocycles. The summed E-state index contributed by atoms with van der Waals surface area (Å²) in [5.74, 6) is -0.0718. The van der Waals surface area contributed by atoms with Gasteiger partial charge in [0.2, 0.25) is 0 Å². The zero-order valence-electron chi connectivity index (χ0n) is 11.1. The van der Waals surface area contributed by atoms with Crippen LogP contribution in [0.3, 0.4) is 0 Å². The first-order valence-corrected chi connectivity index (χ1v) is 6.77. The molecule has 2 rings (SSSR count). The van der Waals surface area contributed by atoms with Crippen LogP contribution in [0, 0.1) is 11.8 Å². The third kappa shape index (κ3) is 3.29. The van der Waals surface area contributed by atoms with Gasteiger partial charge in [-0.1, -0.05) is 13.8 Å². The van der Waals surface area contributed by atoms with E-state index in [9.17, 15) is 9.59 Å². The fourth-order valence-corrected chi connectivity index (χ4v) is 2.74. The summed E-state index contributed by atoms with van der Waals surface area (Å²) in [6.07, 6.45) is 2.17. The van der Waals surface area contributed by atoms with Crippen LogP contribution in [0.25, 0.3) is 0 Å². The number of ether oxygens (including phenoxy) is 1. The van der Waals surface area contributed by atoms with E-state index in [2.05, 4.69) is 10.6 Å². The van der Waals surface area contributed by atoms with Gasteiger partial charge in [0.15, 0.2) is 0 Å². The molecule has 0 aromatic rings. The summed E-state index contributed by atoms with van der Waals surface area (Å²) in [5.41, 5.74) is 0. The summed E-state index contributed by atoms with van der Waals surface area (Å²) in [5, 5.41) is 6.56. The fourth-order valence-electron chi connectivity index (χ4n) is 2.74. The predicted molar refractivity (Wildman–Crippen MR) is 66.9 cm³/mol. The Morgan fingerprint density at radius 1 is 1.39 bits per heavy atom. The molecule has 18 heavy (non-hydrogen) atoms. The van der Waals surface area contributed by atoms with E-state index in [1.165, 1.54) is 0 Å². The van der Waals surface area contributed by atoms with Crippen molar-refractivity contribution in [2.24, 2.45) is 11.8 Å². The summed E-state index contributed by atoms with van der Waals surface area (Å²) in [6.45, 7) is 5.77. The van der Waals surface area contributed by atoms with Gasteiger partial charge in [0.25, 0.3) is 0 Å². The summed E-state index contributed by atoms with van der Waals surface area (Å²) in [6, 6.07) is 0.0347. The molecule has 0 bridgehead atoms. The zero-order chi connectivity index (χ0) is 13.1. The van der Waals surface area contributed by atoms with E-state index in [0.29, 0.717) is 18.4 Å². The van der Waals surface area contributed by atoms with E-state index in [1.54, 1.807) is 0 Å². The number of carbonyl (C=O) groups excluding carboxylic acids is 2. The molecular weight excluding hydrogens is 232 g/mol. The van der Waals surface area contributed by atoms with Crippen molar-refractivity contribution in [3.05, 3.63) is 0 Å². The Morgan fingerprint density at radius 2 is 2.17 bits per heavy atom. The Morgan fingerprint density at radius 3 is 2.83 bits per heavy atom. The third-order valence-corrected chi connectivity index (χ3v) is 3.65. The molecule has 2 aliphatic rings. The van der Waals surface area contributed by atoms with Crippen molar-refractivity contribution in [1.29, 1.82) is 0 Å². The molecule has 0 spiro atoms. The lowest BCUT2D eigenvalue weighted by Gasteiger charge is -2.25. The Balaban J connectivity index is 1.81. The second kappa shape index (κ2) is 5.80. The van der Waals surface area contributed by atoms with Gasteiger partial charge in [0.1, 0.15) is 6.04 Å². The van der Waals surface area contributed by atoms with E-state index in [1.807, 2.05) is 13.8 Å². The van der Waals surface area contributed by atoms with Gasteiger partial charge in [0.05, 0.1) is 0 Å². The Kier molecular flexibility index (Phi) is 4.35. The number of nitrogens with one attached hydrogen (secondary N) is 2. The van der Waals surface area contributed by atoms with Crippen LogP contribution in [-0.4, -0.2) is 37.1 Å².